The summed E-state index contributed by atoms with van der Waals surface area (Å²) in [7, 11) is -5.06. The molecule has 21 heteroatoms. The van der Waals surface area contributed by atoms with Crippen molar-refractivity contribution < 1.29 is 97.2 Å². The van der Waals surface area contributed by atoms with Crippen LogP contribution in [0.2, 0.25) is 0 Å². The molecule has 3 saturated carbocycles. The number of ether oxygens (including phenoxy) is 7. The van der Waals surface area contributed by atoms with Crippen LogP contribution in [0, 0.1) is 46.3 Å². The van der Waals surface area contributed by atoms with Gasteiger partial charge in [0.05, 0.1) is 38.1 Å². The molecule has 0 spiro atoms. The first-order valence-electron chi connectivity index (χ1n) is 23.9. The van der Waals surface area contributed by atoms with Crippen LogP contribution >= 0.6 is 0 Å². The molecule has 0 bridgehead atoms. The quantitative estimate of drug-likeness (QED) is 0.0784. The molecule has 0 radical (unpaired) electrons. The Hall–Kier alpha value is -1.03. The van der Waals surface area contributed by atoms with Crippen molar-refractivity contribution in [2.75, 3.05) is 19.8 Å². The SMILES string of the molecule is C[C@H](CC[C@@]1(O)O[C@H]2C[C@H]3[C@@H]4CC=C5C[C@@H](O[C@@H]6O[C@H](CO)[C@@H](O[C@H]7O[C@H](C)[C@@H](O)[C@H](O)[C@@H]7O)[C@H](O)[C@H]6S(=O)(=O)O)CC[C@]5(C)[C@H]4CC[C@]3(C)[C@H]2[C@@H]1C)CO[C@@H]1O[C@H](CO)[C@@H](O)[C@H](O)[C@H]1O. The number of aliphatic hydroxyl groups is 10. The van der Waals surface area contributed by atoms with E-state index in [0.29, 0.717) is 43.4 Å². The lowest BCUT2D eigenvalue weighted by atomic mass is 9.47. The Morgan fingerprint density at radius 2 is 1.47 bits per heavy atom. The molecule has 0 aromatic carbocycles. The minimum absolute atomic E-state index is 0.0646. The molecule has 8 aliphatic rings. The molecule has 4 aliphatic carbocycles. The van der Waals surface area contributed by atoms with E-state index in [2.05, 4.69) is 26.8 Å². The summed E-state index contributed by atoms with van der Waals surface area (Å²) in [6, 6.07) is 0. The number of allylic oxidation sites excluding steroid dienone is 1. The maximum atomic E-state index is 12.8. The number of rotatable bonds is 13. The van der Waals surface area contributed by atoms with Crippen molar-refractivity contribution in [3.8, 4) is 0 Å². The number of hydrogen-bond donors (Lipinski definition) is 11. The Balaban J connectivity index is 0.883. The minimum Gasteiger partial charge on any atom is -0.394 e. The number of fused-ring (bicyclic) bond motifs is 7. The molecular weight excluding hydrogens is 893 g/mol. The van der Waals surface area contributed by atoms with Crippen LogP contribution in [0.1, 0.15) is 92.4 Å². The summed E-state index contributed by atoms with van der Waals surface area (Å²) in [4.78, 5) is 0. The van der Waals surface area contributed by atoms with Gasteiger partial charge in [-0.3, -0.25) is 4.55 Å². The first kappa shape index (κ1) is 51.3. The largest absolute Gasteiger partial charge is 0.394 e. The molecule has 0 unspecified atom stereocenters. The zero-order chi connectivity index (χ0) is 48.0. The zero-order valence-corrected chi connectivity index (χ0v) is 39.2. The summed E-state index contributed by atoms with van der Waals surface area (Å²) >= 11 is 0. The van der Waals surface area contributed by atoms with E-state index in [0.717, 1.165) is 32.1 Å². The van der Waals surface area contributed by atoms with E-state index in [1.807, 2.05) is 6.92 Å². The van der Waals surface area contributed by atoms with Crippen molar-refractivity contribution in [2.24, 2.45) is 46.3 Å². The van der Waals surface area contributed by atoms with Crippen molar-refractivity contribution in [3.63, 3.8) is 0 Å². The molecule has 20 nitrogen and oxygen atoms in total. The summed E-state index contributed by atoms with van der Waals surface area (Å²) in [6.45, 7) is 8.96. The Kier molecular flexibility index (Phi) is 14.9. The van der Waals surface area contributed by atoms with Crippen LogP contribution in [0.25, 0.3) is 0 Å². The van der Waals surface area contributed by atoms with Crippen molar-refractivity contribution in [3.05, 3.63) is 11.6 Å². The maximum absolute atomic E-state index is 12.8. The van der Waals surface area contributed by atoms with Crippen LogP contribution in [0.5, 0.6) is 0 Å². The lowest BCUT2D eigenvalue weighted by molar-refractivity contribution is -0.342. The van der Waals surface area contributed by atoms with Crippen LogP contribution < -0.4 is 0 Å². The highest BCUT2D eigenvalue weighted by molar-refractivity contribution is 7.86. The second-order valence-electron chi connectivity index (χ2n) is 21.5. The Morgan fingerprint density at radius 3 is 2.15 bits per heavy atom. The van der Waals surface area contributed by atoms with Gasteiger partial charge in [-0.15, -0.1) is 0 Å². The summed E-state index contributed by atoms with van der Waals surface area (Å²) in [5.41, 5.74) is 0.967. The Bertz CT molecular complexity index is 1840. The molecule has 26 atom stereocenters. The van der Waals surface area contributed by atoms with Crippen LogP contribution in [0.4, 0.5) is 0 Å². The first-order chi connectivity index (χ1) is 31.0. The van der Waals surface area contributed by atoms with E-state index in [9.17, 15) is 64.0 Å². The molecule has 4 heterocycles. The summed E-state index contributed by atoms with van der Waals surface area (Å²) < 4.78 is 77.4. The van der Waals surface area contributed by atoms with Crippen molar-refractivity contribution >= 4 is 10.1 Å². The normalized spacial score (nSPS) is 53.3. The van der Waals surface area contributed by atoms with E-state index in [-0.39, 0.29) is 41.3 Å². The third-order valence-corrected chi connectivity index (χ3v) is 18.9. The topological polar surface area (TPSA) is 321 Å². The van der Waals surface area contributed by atoms with E-state index in [1.165, 1.54) is 12.5 Å². The first-order valence-corrected chi connectivity index (χ1v) is 25.4. The minimum atomic E-state index is -5.06. The van der Waals surface area contributed by atoms with Crippen molar-refractivity contribution in [1.29, 1.82) is 0 Å². The molecule has 0 aromatic rings. The van der Waals surface area contributed by atoms with Crippen LogP contribution in [-0.2, 0) is 43.3 Å². The summed E-state index contributed by atoms with van der Waals surface area (Å²) in [6.07, 6.45) is -13.2. The van der Waals surface area contributed by atoms with Crippen LogP contribution in [0.15, 0.2) is 11.6 Å². The molecule has 8 rings (SSSR count). The highest BCUT2D eigenvalue weighted by Crippen LogP contribution is 2.70. The van der Waals surface area contributed by atoms with E-state index in [4.69, 9.17) is 33.2 Å². The van der Waals surface area contributed by atoms with Gasteiger partial charge in [-0.1, -0.05) is 39.3 Å². The van der Waals surface area contributed by atoms with Gasteiger partial charge in [-0.05, 0) is 98.7 Å². The molecule has 4 saturated heterocycles. The molecule has 4 aliphatic heterocycles. The van der Waals surface area contributed by atoms with Gasteiger partial charge in [-0.25, -0.2) is 0 Å². The average Bonchev–Trinajstić information content (AvgIpc) is 3.70. The molecule has 0 aromatic heterocycles. The van der Waals surface area contributed by atoms with E-state index < -0.39 is 126 Å². The standard InChI is InChI=1S/C45H74O20S/c1-19(18-59-40-35(52)34(51)32(49)28(16-46)62-40)8-13-45(55)20(2)30-27(65-45)15-26-24-7-6-22-14-23(9-11-43(22,4)25(24)10-12-44(26,30)5)61-42-39(66(56,57)58)37(54)38(29(17-47)63-42)64-41-36(53)33(50)31(48)21(3)60-41/h6,19-21,23-42,46-55H,7-18H2,1-5H3,(H,56,57,58)/t19-,20+,21-,23+,24-,25+,26+,27+,28-,29-,30+,31-,32-,33+,34+,35-,36+,37+,38-,39-,40-,41-,42-,43+,44+,45-/m1/s1. The lowest BCUT2D eigenvalue weighted by Gasteiger charge is -2.58. The zero-order valence-electron chi connectivity index (χ0n) is 38.3. The fourth-order valence-electron chi connectivity index (χ4n) is 13.8. The highest BCUT2D eigenvalue weighted by atomic mass is 32.2. The van der Waals surface area contributed by atoms with Gasteiger partial charge >= 0.3 is 0 Å². The van der Waals surface area contributed by atoms with Crippen LogP contribution in [0.3, 0.4) is 0 Å². The number of hydrogen-bond acceptors (Lipinski definition) is 19. The summed E-state index contributed by atoms with van der Waals surface area (Å²) in [5.74, 6) is -0.293. The third kappa shape index (κ3) is 8.99. The van der Waals surface area contributed by atoms with Crippen molar-refractivity contribution in [1.82, 2.24) is 0 Å². The Morgan fingerprint density at radius 1 is 0.803 bits per heavy atom. The fourth-order valence-corrected chi connectivity index (χ4v) is 14.7. The third-order valence-electron chi connectivity index (χ3n) is 17.7. The van der Waals surface area contributed by atoms with Gasteiger partial charge < -0.3 is 84.2 Å². The van der Waals surface area contributed by atoms with Crippen LogP contribution in [-0.4, -0.2) is 193 Å². The summed E-state index contributed by atoms with van der Waals surface area (Å²) in [5, 5.41) is 103. The highest BCUT2D eigenvalue weighted by Gasteiger charge is 2.68. The molecule has 0 amide bonds. The predicted molar refractivity (Wildman–Crippen MR) is 227 cm³/mol. The molecule has 66 heavy (non-hydrogen) atoms. The van der Waals surface area contributed by atoms with Gasteiger partial charge in [0.2, 0.25) is 0 Å². The van der Waals surface area contributed by atoms with Gasteiger partial charge in [0.15, 0.2) is 29.9 Å². The monoisotopic (exact) mass is 966 g/mol. The average molecular weight is 967 g/mol. The second kappa shape index (κ2) is 19.2. The predicted octanol–water partition coefficient (Wildman–Crippen LogP) is -0.936. The van der Waals surface area contributed by atoms with E-state index in [1.54, 1.807) is 0 Å². The van der Waals surface area contributed by atoms with Crippen molar-refractivity contribution in [2.45, 2.75) is 202 Å². The molecule has 7 fully saturated rings. The molecular formula is C45H74O20S. The lowest BCUT2D eigenvalue weighted by Crippen LogP contribution is -2.65. The van der Waals surface area contributed by atoms with Gasteiger partial charge in [0.1, 0.15) is 61.0 Å². The molecule has 11 N–H and O–H groups in total. The van der Waals surface area contributed by atoms with Gasteiger partial charge in [0, 0.05) is 12.3 Å². The number of aliphatic hydroxyl groups excluding tert-OH is 9. The molecule has 380 valence electrons. The second-order valence-corrected chi connectivity index (χ2v) is 23.1. The Labute approximate surface area is 385 Å². The van der Waals surface area contributed by atoms with Gasteiger partial charge in [0.25, 0.3) is 10.1 Å². The smallest absolute Gasteiger partial charge is 0.275 e. The van der Waals surface area contributed by atoms with E-state index >= 15 is 0 Å². The fraction of sp³-hybridized carbons (Fsp3) is 0.956. The van der Waals surface area contributed by atoms with Gasteiger partial charge in [-0.2, -0.15) is 8.42 Å². The maximum Gasteiger partial charge on any atom is 0.275 e.